The summed E-state index contributed by atoms with van der Waals surface area (Å²) in [7, 11) is 0. The van der Waals surface area contributed by atoms with Gasteiger partial charge in [-0.25, -0.2) is 0 Å². The number of hydrogen-bond acceptors (Lipinski definition) is 5. The molecule has 3 heterocycles. The van der Waals surface area contributed by atoms with Crippen LogP contribution < -0.4 is 0 Å². The minimum Gasteiger partial charge on any atom is -0.363 e. The first-order valence-corrected chi connectivity index (χ1v) is 9.64. The second kappa shape index (κ2) is 7.71. The molecule has 4 amide bonds. The lowest BCUT2D eigenvalue weighted by Gasteiger charge is -2.37. The van der Waals surface area contributed by atoms with Crippen LogP contribution in [-0.4, -0.2) is 77.7 Å². The van der Waals surface area contributed by atoms with E-state index < -0.39 is 6.10 Å². The zero-order valence-corrected chi connectivity index (χ0v) is 15.6. The van der Waals surface area contributed by atoms with Crippen molar-refractivity contribution in [2.45, 2.75) is 25.4 Å². The predicted molar refractivity (Wildman–Crippen MR) is 98.0 cm³/mol. The Bertz CT molecular complexity index is 800. The van der Waals surface area contributed by atoms with E-state index in [2.05, 4.69) is 0 Å². The van der Waals surface area contributed by atoms with Gasteiger partial charge in [0.05, 0.1) is 6.61 Å². The number of nitrogens with zero attached hydrogens (tertiary/aromatic N) is 3. The Morgan fingerprint density at radius 1 is 0.929 bits per heavy atom. The Balaban J connectivity index is 1.34. The Labute approximate surface area is 163 Å². The molecule has 0 radical (unpaired) electrons. The summed E-state index contributed by atoms with van der Waals surface area (Å²) in [6.07, 6.45) is 0.567. The molecule has 0 saturated carbocycles. The van der Waals surface area contributed by atoms with Gasteiger partial charge in [0, 0.05) is 39.0 Å². The average molecular weight is 385 g/mol. The van der Waals surface area contributed by atoms with E-state index in [0.717, 1.165) is 22.4 Å². The van der Waals surface area contributed by atoms with Crippen LogP contribution in [0.5, 0.6) is 0 Å². The van der Waals surface area contributed by atoms with E-state index in [1.807, 2.05) is 24.3 Å². The fraction of sp³-hybridized carbons (Fsp3) is 0.500. The summed E-state index contributed by atoms with van der Waals surface area (Å²) in [6, 6.07) is 7.83. The summed E-state index contributed by atoms with van der Waals surface area (Å²) >= 11 is 0. The number of imide groups is 1. The molecule has 3 aliphatic rings. The van der Waals surface area contributed by atoms with Gasteiger partial charge in [0.15, 0.2) is 6.10 Å². The maximum absolute atomic E-state index is 13.0. The van der Waals surface area contributed by atoms with E-state index >= 15 is 0 Å². The molecule has 0 N–H and O–H groups in total. The molecule has 0 spiro atoms. The molecular formula is C20H23N3O5. The summed E-state index contributed by atoms with van der Waals surface area (Å²) < 4.78 is 5.75. The molecular weight excluding hydrogens is 362 g/mol. The van der Waals surface area contributed by atoms with Crippen molar-refractivity contribution in [1.29, 1.82) is 0 Å². The van der Waals surface area contributed by atoms with Crippen LogP contribution in [0.25, 0.3) is 0 Å². The standard InChI is InChI=1S/C20H23N3O5/c24-16-5-6-17(25)23(16)13-18(26)21-8-10-22(11-9-21)20(27)19-15-4-2-1-3-14(15)7-12-28-19/h1-4,19H,5-13H2. The normalized spacial score (nSPS) is 22.4. The van der Waals surface area contributed by atoms with Crippen molar-refractivity contribution in [3.05, 3.63) is 35.4 Å². The highest BCUT2D eigenvalue weighted by Crippen LogP contribution is 2.29. The number of ether oxygens (including phenoxy) is 1. The molecule has 1 aromatic rings. The topological polar surface area (TPSA) is 87.2 Å². The quantitative estimate of drug-likeness (QED) is 0.690. The maximum Gasteiger partial charge on any atom is 0.256 e. The summed E-state index contributed by atoms with van der Waals surface area (Å²) in [4.78, 5) is 53.1. The number of carbonyl (C=O) groups is 4. The summed E-state index contributed by atoms with van der Waals surface area (Å²) in [5.74, 6) is -0.917. The van der Waals surface area contributed by atoms with Crippen LogP contribution >= 0.6 is 0 Å². The number of piperazine rings is 1. The highest BCUT2D eigenvalue weighted by Gasteiger charge is 2.35. The summed E-state index contributed by atoms with van der Waals surface area (Å²) in [5.41, 5.74) is 2.06. The molecule has 4 rings (SSSR count). The van der Waals surface area contributed by atoms with Gasteiger partial charge in [-0.2, -0.15) is 0 Å². The molecule has 1 unspecified atom stereocenters. The number of benzene rings is 1. The third-order valence-electron chi connectivity index (χ3n) is 5.61. The lowest BCUT2D eigenvalue weighted by molar-refractivity contribution is -0.150. The van der Waals surface area contributed by atoms with E-state index in [1.165, 1.54) is 0 Å². The molecule has 2 fully saturated rings. The van der Waals surface area contributed by atoms with Crippen molar-refractivity contribution in [3.63, 3.8) is 0 Å². The van der Waals surface area contributed by atoms with Crippen LogP contribution in [0.15, 0.2) is 24.3 Å². The molecule has 28 heavy (non-hydrogen) atoms. The lowest BCUT2D eigenvalue weighted by atomic mass is 9.96. The number of likely N-dealkylation sites (tertiary alicyclic amines) is 1. The van der Waals surface area contributed by atoms with Crippen LogP contribution in [0.4, 0.5) is 0 Å². The van der Waals surface area contributed by atoms with Gasteiger partial charge in [-0.3, -0.25) is 24.1 Å². The van der Waals surface area contributed by atoms with Gasteiger partial charge in [-0.15, -0.1) is 0 Å². The minimum atomic E-state index is -0.591. The Morgan fingerprint density at radius 2 is 1.57 bits per heavy atom. The fourth-order valence-corrected chi connectivity index (χ4v) is 3.98. The van der Waals surface area contributed by atoms with Gasteiger partial charge in [0.1, 0.15) is 6.54 Å². The molecule has 3 aliphatic heterocycles. The molecule has 2 saturated heterocycles. The largest absolute Gasteiger partial charge is 0.363 e. The van der Waals surface area contributed by atoms with Gasteiger partial charge in [-0.05, 0) is 17.5 Å². The molecule has 0 aliphatic carbocycles. The van der Waals surface area contributed by atoms with E-state index in [1.54, 1.807) is 9.80 Å². The minimum absolute atomic E-state index is 0.0795. The van der Waals surface area contributed by atoms with Crippen LogP contribution in [0, 0.1) is 0 Å². The number of carbonyl (C=O) groups excluding carboxylic acids is 4. The first-order chi connectivity index (χ1) is 13.5. The predicted octanol–water partition coefficient (Wildman–Crippen LogP) is 0.120. The Hall–Kier alpha value is -2.74. The second-order valence-corrected chi connectivity index (χ2v) is 7.28. The van der Waals surface area contributed by atoms with Crippen LogP contribution in [0.1, 0.15) is 30.1 Å². The number of hydrogen-bond donors (Lipinski definition) is 0. The third-order valence-corrected chi connectivity index (χ3v) is 5.61. The van der Waals surface area contributed by atoms with Crippen molar-refractivity contribution in [2.24, 2.45) is 0 Å². The average Bonchev–Trinajstić information content (AvgIpc) is 3.05. The van der Waals surface area contributed by atoms with Gasteiger partial charge in [0.2, 0.25) is 17.7 Å². The van der Waals surface area contributed by atoms with Crippen molar-refractivity contribution >= 4 is 23.6 Å². The molecule has 8 heteroatoms. The van der Waals surface area contributed by atoms with E-state index in [9.17, 15) is 19.2 Å². The van der Waals surface area contributed by atoms with E-state index in [-0.39, 0.29) is 43.0 Å². The molecule has 0 aromatic heterocycles. The number of fused-ring (bicyclic) bond motifs is 1. The SMILES string of the molecule is O=C(CN1C(=O)CCC1=O)N1CCN(C(=O)C2OCCc3ccccc32)CC1. The van der Waals surface area contributed by atoms with E-state index in [0.29, 0.717) is 32.8 Å². The highest BCUT2D eigenvalue weighted by atomic mass is 16.5. The number of rotatable bonds is 3. The Kier molecular flexibility index (Phi) is 5.13. The zero-order valence-electron chi connectivity index (χ0n) is 15.6. The zero-order chi connectivity index (χ0) is 19.7. The Morgan fingerprint density at radius 3 is 2.29 bits per heavy atom. The molecule has 148 valence electrons. The summed E-state index contributed by atoms with van der Waals surface area (Å²) in [5, 5.41) is 0. The molecule has 0 bridgehead atoms. The second-order valence-electron chi connectivity index (χ2n) is 7.28. The van der Waals surface area contributed by atoms with Crippen molar-refractivity contribution in [1.82, 2.24) is 14.7 Å². The smallest absolute Gasteiger partial charge is 0.256 e. The lowest BCUT2D eigenvalue weighted by Crippen LogP contribution is -2.54. The monoisotopic (exact) mass is 385 g/mol. The van der Waals surface area contributed by atoms with Crippen molar-refractivity contribution in [3.8, 4) is 0 Å². The fourth-order valence-electron chi connectivity index (χ4n) is 3.98. The van der Waals surface area contributed by atoms with Crippen molar-refractivity contribution < 1.29 is 23.9 Å². The first-order valence-electron chi connectivity index (χ1n) is 9.64. The summed E-state index contributed by atoms with van der Waals surface area (Å²) in [6.45, 7) is 1.90. The molecule has 1 aromatic carbocycles. The first kappa shape index (κ1) is 18.6. The van der Waals surface area contributed by atoms with Crippen LogP contribution in [0.2, 0.25) is 0 Å². The van der Waals surface area contributed by atoms with Crippen molar-refractivity contribution in [2.75, 3.05) is 39.3 Å². The maximum atomic E-state index is 13.0. The van der Waals surface area contributed by atoms with Crippen LogP contribution in [-0.2, 0) is 30.3 Å². The van der Waals surface area contributed by atoms with Gasteiger partial charge >= 0.3 is 0 Å². The van der Waals surface area contributed by atoms with Gasteiger partial charge in [0.25, 0.3) is 5.91 Å². The number of amides is 4. The molecule has 8 nitrogen and oxygen atoms in total. The van der Waals surface area contributed by atoms with Gasteiger partial charge < -0.3 is 14.5 Å². The van der Waals surface area contributed by atoms with Crippen LogP contribution in [0.3, 0.4) is 0 Å². The molecule has 1 atom stereocenters. The highest BCUT2D eigenvalue weighted by molar-refractivity contribution is 6.04. The van der Waals surface area contributed by atoms with Gasteiger partial charge in [-0.1, -0.05) is 24.3 Å². The third kappa shape index (κ3) is 3.52. The van der Waals surface area contributed by atoms with E-state index in [4.69, 9.17) is 4.74 Å².